The van der Waals surface area contributed by atoms with Gasteiger partial charge in [0.05, 0.1) is 18.2 Å². The molecule has 0 spiro atoms. The van der Waals surface area contributed by atoms with Crippen LogP contribution in [0.2, 0.25) is 0 Å². The first-order valence-corrected chi connectivity index (χ1v) is 12.0. The number of ether oxygens (including phenoxy) is 1. The lowest BCUT2D eigenvalue weighted by Crippen LogP contribution is -2.32. The molecular weight excluding hydrogens is 471 g/mol. The van der Waals surface area contributed by atoms with Crippen LogP contribution in [0.5, 0.6) is 0 Å². The van der Waals surface area contributed by atoms with Crippen molar-refractivity contribution in [3.05, 3.63) is 88.1 Å². The highest BCUT2D eigenvalue weighted by Crippen LogP contribution is 2.30. The van der Waals surface area contributed by atoms with Gasteiger partial charge in [0.25, 0.3) is 5.91 Å². The van der Waals surface area contributed by atoms with Crippen molar-refractivity contribution in [2.45, 2.75) is 58.6 Å². The van der Waals surface area contributed by atoms with Crippen LogP contribution in [0, 0.1) is 13.8 Å². The summed E-state index contributed by atoms with van der Waals surface area (Å²) in [5, 5.41) is 2.81. The second-order valence-electron chi connectivity index (χ2n) is 9.24. The van der Waals surface area contributed by atoms with Crippen LogP contribution >= 0.6 is 0 Å². The average molecular weight is 502 g/mol. The number of nitrogens with zero attached hydrogens (tertiary/aromatic N) is 2. The van der Waals surface area contributed by atoms with Gasteiger partial charge in [-0.1, -0.05) is 42.0 Å². The van der Waals surface area contributed by atoms with E-state index in [-0.39, 0.29) is 30.8 Å². The number of carbonyl (C=O) groups excluding carboxylic acids is 1. The minimum Gasteiger partial charge on any atom is -0.447 e. The molecule has 192 valence electrons. The highest BCUT2D eigenvalue weighted by Gasteiger charge is 2.30. The van der Waals surface area contributed by atoms with Gasteiger partial charge in [-0.2, -0.15) is 13.2 Å². The van der Waals surface area contributed by atoms with E-state index in [0.717, 1.165) is 41.7 Å². The van der Waals surface area contributed by atoms with E-state index in [9.17, 15) is 18.0 Å². The lowest BCUT2D eigenvalue weighted by Gasteiger charge is -2.23. The lowest BCUT2D eigenvalue weighted by atomic mass is 10.0. The number of alkyl halides is 3. The van der Waals surface area contributed by atoms with Gasteiger partial charge < -0.3 is 14.5 Å². The Balaban J connectivity index is 1.50. The number of aryl methyl sites for hydroxylation is 2. The topological polar surface area (TPSA) is 67.6 Å². The average Bonchev–Trinajstić information content (AvgIpc) is 3.52. The molecule has 0 aliphatic carbocycles. The van der Waals surface area contributed by atoms with Crippen LogP contribution in [0.1, 0.15) is 57.0 Å². The minimum absolute atomic E-state index is 0.0147. The third kappa shape index (κ3) is 6.95. The summed E-state index contributed by atoms with van der Waals surface area (Å²) in [5.74, 6) is -0.0333. The summed E-state index contributed by atoms with van der Waals surface area (Å²) in [6.07, 6.45) is -1.20. The standard InChI is InChI=1S/C27H30F3N3O3/c1-18-8-9-19(2)21(11-18)15-33(14-20-5-3-6-22(12-20)27(28,29)30)16-25-32-24(17-36-25)26(34)31-13-23-7-4-10-35-23/h3,5-6,8-9,11-12,17,23H,4,7,10,13-16H2,1-2H3,(H,31,34)/t23-/m1/s1. The molecule has 1 aromatic heterocycles. The third-order valence-corrected chi connectivity index (χ3v) is 6.22. The Morgan fingerprint density at radius 3 is 2.72 bits per heavy atom. The smallest absolute Gasteiger partial charge is 0.416 e. The number of hydrogen-bond donors (Lipinski definition) is 1. The first kappa shape index (κ1) is 25.9. The largest absolute Gasteiger partial charge is 0.447 e. The van der Waals surface area contributed by atoms with Crippen molar-refractivity contribution in [3.63, 3.8) is 0 Å². The highest BCUT2D eigenvalue weighted by atomic mass is 19.4. The van der Waals surface area contributed by atoms with E-state index < -0.39 is 11.7 Å². The number of hydrogen-bond acceptors (Lipinski definition) is 5. The summed E-state index contributed by atoms with van der Waals surface area (Å²) in [6, 6.07) is 11.4. The number of halogens is 3. The maximum absolute atomic E-state index is 13.3. The van der Waals surface area contributed by atoms with Crippen molar-refractivity contribution in [2.75, 3.05) is 13.2 Å². The van der Waals surface area contributed by atoms with Gasteiger partial charge in [0.1, 0.15) is 6.26 Å². The van der Waals surface area contributed by atoms with Crippen molar-refractivity contribution in [1.82, 2.24) is 15.2 Å². The molecule has 1 amide bonds. The Morgan fingerprint density at radius 1 is 1.14 bits per heavy atom. The number of oxazole rings is 1. The summed E-state index contributed by atoms with van der Waals surface area (Å²) in [4.78, 5) is 18.8. The number of rotatable bonds is 9. The molecule has 1 aliphatic rings. The van der Waals surface area contributed by atoms with E-state index in [1.165, 1.54) is 12.3 Å². The zero-order valence-corrected chi connectivity index (χ0v) is 20.4. The van der Waals surface area contributed by atoms with E-state index in [1.807, 2.05) is 30.9 Å². The summed E-state index contributed by atoms with van der Waals surface area (Å²) < 4.78 is 50.8. The van der Waals surface area contributed by atoms with Crippen LogP contribution in [0.3, 0.4) is 0 Å². The second-order valence-corrected chi connectivity index (χ2v) is 9.24. The molecule has 36 heavy (non-hydrogen) atoms. The van der Waals surface area contributed by atoms with Crippen LogP contribution in [-0.4, -0.2) is 35.0 Å². The van der Waals surface area contributed by atoms with E-state index in [2.05, 4.69) is 16.4 Å². The van der Waals surface area contributed by atoms with Gasteiger partial charge in [0.15, 0.2) is 5.69 Å². The molecule has 0 bridgehead atoms. The quantitative estimate of drug-likeness (QED) is 0.424. The fourth-order valence-corrected chi connectivity index (χ4v) is 4.26. The van der Waals surface area contributed by atoms with Crippen molar-refractivity contribution < 1.29 is 27.1 Å². The molecule has 9 heteroatoms. The minimum atomic E-state index is -4.41. The van der Waals surface area contributed by atoms with Gasteiger partial charge in [-0.15, -0.1) is 0 Å². The molecule has 1 N–H and O–H groups in total. The maximum Gasteiger partial charge on any atom is 0.416 e. The van der Waals surface area contributed by atoms with Gasteiger partial charge in [-0.3, -0.25) is 9.69 Å². The van der Waals surface area contributed by atoms with Gasteiger partial charge in [-0.05, 0) is 49.4 Å². The van der Waals surface area contributed by atoms with Crippen LogP contribution in [0.25, 0.3) is 0 Å². The monoisotopic (exact) mass is 501 g/mol. The summed E-state index contributed by atoms with van der Waals surface area (Å²) >= 11 is 0. The summed E-state index contributed by atoms with van der Waals surface area (Å²) in [5.41, 5.74) is 3.23. The van der Waals surface area contributed by atoms with Gasteiger partial charge in [0, 0.05) is 26.2 Å². The normalized spacial score (nSPS) is 16.0. The third-order valence-electron chi connectivity index (χ3n) is 6.22. The molecular formula is C27H30F3N3O3. The van der Waals surface area contributed by atoms with Crippen LogP contribution < -0.4 is 5.32 Å². The summed E-state index contributed by atoms with van der Waals surface area (Å²) in [7, 11) is 0. The fraction of sp³-hybridized carbons (Fsp3) is 0.407. The molecule has 6 nitrogen and oxygen atoms in total. The molecule has 0 saturated carbocycles. The molecule has 3 aromatic rings. The van der Waals surface area contributed by atoms with Gasteiger partial charge >= 0.3 is 6.18 Å². The molecule has 0 unspecified atom stereocenters. The van der Waals surface area contributed by atoms with E-state index in [1.54, 1.807) is 6.07 Å². The molecule has 2 heterocycles. The Hall–Kier alpha value is -3.17. The highest BCUT2D eigenvalue weighted by molar-refractivity contribution is 5.91. The molecule has 1 aliphatic heterocycles. The Labute approximate surface area is 208 Å². The number of aromatic nitrogens is 1. The van der Waals surface area contributed by atoms with Crippen LogP contribution in [0.15, 0.2) is 53.1 Å². The number of benzene rings is 2. The predicted octanol–water partition coefficient (Wildman–Crippen LogP) is 5.42. The Morgan fingerprint density at radius 2 is 1.97 bits per heavy atom. The van der Waals surface area contributed by atoms with Crippen LogP contribution in [-0.2, 0) is 30.5 Å². The zero-order valence-electron chi connectivity index (χ0n) is 20.4. The van der Waals surface area contributed by atoms with Crippen molar-refractivity contribution >= 4 is 5.91 Å². The fourth-order valence-electron chi connectivity index (χ4n) is 4.26. The maximum atomic E-state index is 13.3. The first-order valence-electron chi connectivity index (χ1n) is 12.0. The van der Waals surface area contributed by atoms with Crippen LogP contribution in [0.4, 0.5) is 13.2 Å². The van der Waals surface area contributed by atoms with E-state index in [4.69, 9.17) is 9.15 Å². The number of amides is 1. The molecule has 4 rings (SSSR count). The lowest BCUT2D eigenvalue weighted by molar-refractivity contribution is -0.137. The molecule has 0 radical (unpaired) electrons. The Kier molecular flexibility index (Phi) is 8.11. The van der Waals surface area contributed by atoms with E-state index in [0.29, 0.717) is 31.2 Å². The summed E-state index contributed by atoms with van der Waals surface area (Å²) in [6.45, 7) is 6.07. The molecule has 1 fully saturated rings. The number of carbonyl (C=O) groups is 1. The molecule has 2 aromatic carbocycles. The van der Waals surface area contributed by atoms with Gasteiger partial charge in [0.2, 0.25) is 5.89 Å². The number of nitrogens with one attached hydrogen (secondary N) is 1. The van der Waals surface area contributed by atoms with Crippen molar-refractivity contribution in [2.24, 2.45) is 0 Å². The van der Waals surface area contributed by atoms with E-state index >= 15 is 0 Å². The molecule has 1 atom stereocenters. The molecule has 1 saturated heterocycles. The predicted molar refractivity (Wildman–Crippen MR) is 128 cm³/mol. The van der Waals surface area contributed by atoms with Gasteiger partial charge in [-0.25, -0.2) is 4.98 Å². The second kappa shape index (κ2) is 11.3. The Bertz CT molecular complexity index is 1190. The zero-order chi connectivity index (χ0) is 25.7. The van der Waals surface area contributed by atoms with Crippen molar-refractivity contribution in [1.29, 1.82) is 0 Å². The first-order chi connectivity index (χ1) is 17.2. The SMILES string of the molecule is Cc1ccc(C)c(CN(Cc2cccc(C(F)(F)F)c2)Cc2nc(C(=O)NC[C@H]3CCCO3)co2)c1. The van der Waals surface area contributed by atoms with Crippen molar-refractivity contribution in [3.8, 4) is 0 Å².